The molecule has 2 heterocycles. The Hall–Kier alpha value is -1.60. The van der Waals surface area contributed by atoms with Gasteiger partial charge >= 0.3 is 6.18 Å². The summed E-state index contributed by atoms with van der Waals surface area (Å²) in [7, 11) is 0. The third kappa shape index (κ3) is 3.71. The second kappa shape index (κ2) is 6.23. The van der Waals surface area contributed by atoms with Crippen LogP contribution in [0.4, 0.5) is 19.0 Å². The van der Waals surface area contributed by atoms with E-state index in [-0.39, 0.29) is 18.5 Å². The average Bonchev–Trinajstić information content (AvgIpc) is 2.91. The number of anilines is 1. The molecule has 0 aliphatic rings. The van der Waals surface area contributed by atoms with E-state index in [0.29, 0.717) is 6.42 Å². The summed E-state index contributed by atoms with van der Waals surface area (Å²) in [5, 5.41) is 13.9. The van der Waals surface area contributed by atoms with Crippen LogP contribution in [0.2, 0.25) is 0 Å². The van der Waals surface area contributed by atoms with Crippen LogP contribution in [-0.2, 0) is 6.18 Å². The SMILES string of the molecule is OCC[C@H](Nc1cccc(C(F)(F)F)n1)c1cccs1. The van der Waals surface area contributed by atoms with Crippen LogP contribution in [0.3, 0.4) is 0 Å². The fraction of sp³-hybridized carbons (Fsp3) is 0.308. The maximum absolute atomic E-state index is 12.6. The molecule has 3 nitrogen and oxygen atoms in total. The van der Waals surface area contributed by atoms with Gasteiger partial charge in [-0.05, 0) is 30.0 Å². The minimum atomic E-state index is -4.47. The van der Waals surface area contributed by atoms with Crippen molar-refractivity contribution in [1.29, 1.82) is 0 Å². The highest BCUT2D eigenvalue weighted by Crippen LogP contribution is 2.30. The van der Waals surface area contributed by atoms with Crippen LogP contribution in [0.5, 0.6) is 0 Å². The van der Waals surface area contributed by atoms with Gasteiger partial charge in [0, 0.05) is 11.5 Å². The Balaban J connectivity index is 2.19. The van der Waals surface area contributed by atoms with E-state index in [1.54, 1.807) is 0 Å². The molecule has 0 amide bonds. The lowest BCUT2D eigenvalue weighted by atomic mass is 10.2. The molecule has 7 heteroatoms. The van der Waals surface area contributed by atoms with Gasteiger partial charge in [-0.1, -0.05) is 12.1 Å². The van der Waals surface area contributed by atoms with Crippen molar-refractivity contribution in [3.05, 3.63) is 46.3 Å². The number of hydrogen-bond donors (Lipinski definition) is 2. The summed E-state index contributed by atoms with van der Waals surface area (Å²) in [5.74, 6) is 0.145. The second-order valence-corrected chi connectivity index (χ2v) is 5.11. The van der Waals surface area contributed by atoms with Crippen molar-refractivity contribution in [3.8, 4) is 0 Å². The topological polar surface area (TPSA) is 45.1 Å². The van der Waals surface area contributed by atoms with Crippen molar-refractivity contribution in [3.63, 3.8) is 0 Å². The van der Waals surface area contributed by atoms with E-state index in [1.165, 1.54) is 23.5 Å². The summed E-state index contributed by atoms with van der Waals surface area (Å²) >= 11 is 1.48. The van der Waals surface area contributed by atoms with Gasteiger partial charge in [0.2, 0.25) is 0 Å². The lowest BCUT2D eigenvalue weighted by molar-refractivity contribution is -0.141. The molecule has 20 heavy (non-hydrogen) atoms. The Morgan fingerprint density at radius 3 is 2.65 bits per heavy atom. The molecule has 0 aliphatic heterocycles. The van der Waals surface area contributed by atoms with E-state index in [9.17, 15) is 13.2 Å². The third-order valence-corrected chi connectivity index (χ3v) is 3.65. The zero-order chi connectivity index (χ0) is 14.6. The monoisotopic (exact) mass is 302 g/mol. The number of aromatic nitrogens is 1. The molecule has 0 unspecified atom stereocenters. The average molecular weight is 302 g/mol. The zero-order valence-electron chi connectivity index (χ0n) is 10.4. The molecule has 108 valence electrons. The molecule has 2 N–H and O–H groups in total. The van der Waals surface area contributed by atoms with Gasteiger partial charge in [0.05, 0.1) is 6.04 Å². The maximum Gasteiger partial charge on any atom is 0.433 e. The van der Waals surface area contributed by atoms with Crippen molar-refractivity contribution in [2.45, 2.75) is 18.6 Å². The van der Waals surface area contributed by atoms with Gasteiger partial charge in [0.25, 0.3) is 0 Å². The van der Waals surface area contributed by atoms with Crippen LogP contribution >= 0.6 is 11.3 Å². The molecular weight excluding hydrogens is 289 g/mol. The van der Waals surface area contributed by atoms with Crippen LogP contribution in [0.1, 0.15) is 23.0 Å². The number of aliphatic hydroxyl groups is 1. The molecule has 2 rings (SSSR count). The van der Waals surface area contributed by atoms with Crippen LogP contribution in [-0.4, -0.2) is 16.7 Å². The van der Waals surface area contributed by atoms with Gasteiger partial charge in [-0.3, -0.25) is 0 Å². The highest BCUT2D eigenvalue weighted by Gasteiger charge is 2.32. The van der Waals surface area contributed by atoms with Crippen LogP contribution < -0.4 is 5.32 Å². The minimum absolute atomic E-state index is 0.0610. The van der Waals surface area contributed by atoms with Crippen LogP contribution in [0.15, 0.2) is 35.7 Å². The molecule has 1 atom stereocenters. The molecule has 0 fully saturated rings. The number of hydrogen-bond acceptors (Lipinski definition) is 4. The summed E-state index contributed by atoms with van der Waals surface area (Å²) in [5.41, 5.74) is -0.934. The predicted octanol–water partition coefficient (Wildman–Crippen LogP) is 3.70. The molecule has 0 aliphatic carbocycles. The van der Waals surface area contributed by atoms with Crippen LogP contribution in [0.25, 0.3) is 0 Å². The summed E-state index contributed by atoms with van der Waals surface area (Å²) in [4.78, 5) is 4.51. The largest absolute Gasteiger partial charge is 0.433 e. The molecule has 0 radical (unpaired) electrons. The first-order chi connectivity index (χ1) is 9.50. The Kier molecular flexibility index (Phi) is 4.61. The van der Waals surface area contributed by atoms with Gasteiger partial charge in [-0.2, -0.15) is 13.2 Å². The van der Waals surface area contributed by atoms with E-state index in [4.69, 9.17) is 5.11 Å². The summed E-state index contributed by atoms with van der Waals surface area (Å²) in [6, 6.07) is 7.18. The number of halogens is 3. The maximum atomic E-state index is 12.6. The third-order valence-electron chi connectivity index (χ3n) is 2.67. The van der Waals surface area contributed by atoms with Crippen molar-refractivity contribution in [2.75, 3.05) is 11.9 Å². The van der Waals surface area contributed by atoms with E-state index in [2.05, 4.69) is 10.3 Å². The van der Waals surface area contributed by atoms with E-state index < -0.39 is 11.9 Å². The fourth-order valence-corrected chi connectivity index (χ4v) is 2.57. The highest BCUT2D eigenvalue weighted by atomic mass is 32.1. The number of pyridine rings is 1. The van der Waals surface area contributed by atoms with Crippen molar-refractivity contribution < 1.29 is 18.3 Å². The second-order valence-electron chi connectivity index (χ2n) is 4.13. The quantitative estimate of drug-likeness (QED) is 0.885. The Bertz CT molecular complexity index is 543. The molecule has 2 aromatic rings. The van der Waals surface area contributed by atoms with Gasteiger partial charge in [0.1, 0.15) is 11.5 Å². The first-order valence-corrected chi connectivity index (χ1v) is 6.83. The number of nitrogens with zero attached hydrogens (tertiary/aromatic N) is 1. The van der Waals surface area contributed by atoms with Crippen molar-refractivity contribution in [1.82, 2.24) is 4.98 Å². The fourth-order valence-electron chi connectivity index (χ4n) is 1.76. The summed E-state index contributed by atoms with van der Waals surface area (Å²) in [6.45, 7) is -0.0610. The number of alkyl halides is 3. The number of thiophene rings is 1. The predicted molar refractivity (Wildman–Crippen MR) is 71.6 cm³/mol. The zero-order valence-corrected chi connectivity index (χ0v) is 11.2. The molecule has 2 aromatic heterocycles. The van der Waals surface area contributed by atoms with Crippen molar-refractivity contribution in [2.24, 2.45) is 0 Å². The minimum Gasteiger partial charge on any atom is -0.396 e. The van der Waals surface area contributed by atoms with Gasteiger partial charge in [-0.25, -0.2) is 4.98 Å². The van der Waals surface area contributed by atoms with Gasteiger partial charge in [-0.15, -0.1) is 11.3 Å². The summed E-state index contributed by atoms with van der Waals surface area (Å²) < 4.78 is 37.8. The van der Waals surface area contributed by atoms with E-state index in [0.717, 1.165) is 10.9 Å². The lowest BCUT2D eigenvalue weighted by Crippen LogP contribution is -2.14. The molecule has 0 aromatic carbocycles. The van der Waals surface area contributed by atoms with Crippen molar-refractivity contribution >= 4 is 17.2 Å². The molecule has 0 bridgehead atoms. The first-order valence-electron chi connectivity index (χ1n) is 5.96. The summed E-state index contributed by atoms with van der Waals surface area (Å²) in [6.07, 6.45) is -4.06. The molecular formula is C13H13F3N2OS. The number of aliphatic hydroxyl groups excluding tert-OH is 1. The standard InChI is InChI=1S/C13H13F3N2OS/c14-13(15,16)11-4-1-5-12(18-11)17-9(6-7-19)10-3-2-8-20-10/h1-5,8-9,19H,6-7H2,(H,17,18)/t9-/m0/s1. The highest BCUT2D eigenvalue weighted by molar-refractivity contribution is 7.10. The Labute approximate surface area is 118 Å². The van der Waals surface area contributed by atoms with Gasteiger partial charge < -0.3 is 10.4 Å². The molecule has 0 spiro atoms. The normalized spacial score (nSPS) is 13.2. The Morgan fingerprint density at radius 2 is 2.05 bits per heavy atom. The number of nitrogens with one attached hydrogen (secondary N) is 1. The number of rotatable bonds is 5. The van der Waals surface area contributed by atoms with Gasteiger partial charge in [0.15, 0.2) is 0 Å². The first kappa shape index (κ1) is 14.8. The van der Waals surface area contributed by atoms with Crippen LogP contribution in [0, 0.1) is 0 Å². The molecule has 0 saturated heterocycles. The van der Waals surface area contributed by atoms with E-state index in [1.807, 2.05) is 17.5 Å². The smallest absolute Gasteiger partial charge is 0.396 e. The Morgan fingerprint density at radius 1 is 1.25 bits per heavy atom. The molecule has 0 saturated carbocycles. The van der Waals surface area contributed by atoms with E-state index >= 15 is 0 Å². The lowest BCUT2D eigenvalue weighted by Gasteiger charge is -2.17.